The number of nitro benzene ring substituents is 1. The van der Waals surface area contributed by atoms with Crippen molar-refractivity contribution < 1.29 is 14.5 Å². The first-order valence-corrected chi connectivity index (χ1v) is 10.8. The summed E-state index contributed by atoms with van der Waals surface area (Å²) in [6, 6.07) is 12.6. The Morgan fingerprint density at radius 2 is 2.03 bits per heavy atom. The van der Waals surface area contributed by atoms with Crippen molar-refractivity contribution in [2.75, 3.05) is 31.2 Å². The molecule has 0 bridgehead atoms. The predicted octanol–water partition coefficient (Wildman–Crippen LogP) is 3.79. The van der Waals surface area contributed by atoms with Crippen LogP contribution in [0.25, 0.3) is 10.6 Å². The van der Waals surface area contributed by atoms with Crippen LogP contribution in [0.1, 0.15) is 21.6 Å². The molecule has 1 aliphatic heterocycles. The molecule has 0 spiro atoms. The Kier molecular flexibility index (Phi) is 6.24. The Hall–Kier alpha value is -3.30. The number of morpholine rings is 1. The number of amides is 1. The van der Waals surface area contributed by atoms with Gasteiger partial charge in [-0.2, -0.15) is 0 Å². The third-order valence-corrected chi connectivity index (χ3v) is 6.07. The highest BCUT2D eigenvalue weighted by molar-refractivity contribution is 7.13. The van der Waals surface area contributed by atoms with E-state index in [0.717, 1.165) is 21.8 Å². The molecule has 2 aromatic carbocycles. The summed E-state index contributed by atoms with van der Waals surface area (Å²) >= 11 is 1.52. The third kappa shape index (κ3) is 4.73. The number of aromatic nitrogens is 1. The van der Waals surface area contributed by atoms with E-state index in [1.165, 1.54) is 17.4 Å². The Morgan fingerprint density at radius 1 is 1.26 bits per heavy atom. The molecule has 4 rings (SSSR count). The SMILES string of the molecule is Cc1ccccc1-c1nc(CNC(=O)c2ccc(N3CCOCC3)c([N+](=O)[O-])c2)cs1. The van der Waals surface area contributed by atoms with Gasteiger partial charge in [0.05, 0.1) is 30.4 Å². The molecule has 0 saturated carbocycles. The average molecular weight is 439 g/mol. The number of benzene rings is 2. The second kappa shape index (κ2) is 9.23. The summed E-state index contributed by atoms with van der Waals surface area (Å²) in [6.07, 6.45) is 0. The fraction of sp³-hybridized carbons (Fsp3) is 0.273. The molecule has 2 heterocycles. The Bertz CT molecular complexity index is 1110. The molecule has 160 valence electrons. The normalized spacial score (nSPS) is 13.8. The van der Waals surface area contributed by atoms with Gasteiger partial charge < -0.3 is 15.0 Å². The maximum Gasteiger partial charge on any atom is 0.293 e. The molecule has 1 aliphatic rings. The van der Waals surface area contributed by atoms with Crippen LogP contribution in [0, 0.1) is 17.0 Å². The fourth-order valence-electron chi connectivity index (χ4n) is 3.48. The van der Waals surface area contributed by atoms with E-state index in [-0.39, 0.29) is 23.7 Å². The molecule has 9 heteroatoms. The summed E-state index contributed by atoms with van der Waals surface area (Å²) in [7, 11) is 0. The van der Waals surface area contributed by atoms with E-state index in [1.807, 2.05) is 41.5 Å². The van der Waals surface area contributed by atoms with E-state index < -0.39 is 4.92 Å². The van der Waals surface area contributed by atoms with Crippen LogP contribution in [0.4, 0.5) is 11.4 Å². The largest absolute Gasteiger partial charge is 0.378 e. The highest BCUT2D eigenvalue weighted by atomic mass is 32.1. The summed E-state index contributed by atoms with van der Waals surface area (Å²) in [5, 5.41) is 17.2. The number of anilines is 1. The van der Waals surface area contributed by atoms with Gasteiger partial charge in [-0.05, 0) is 24.6 Å². The molecule has 1 N–H and O–H groups in total. The summed E-state index contributed by atoms with van der Waals surface area (Å²) in [5.41, 5.74) is 3.63. The number of ether oxygens (including phenoxy) is 1. The predicted molar refractivity (Wildman–Crippen MR) is 120 cm³/mol. The van der Waals surface area contributed by atoms with Crippen molar-refractivity contribution in [3.8, 4) is 10.6 Å². The van der Waals surface area contributed by atoms with Crippen molar-refractivity contribution in [3.05, 3.63) is 74.8 Å². The highest BCUT2D eigenvalue weighted by Gasteiger charge is 2.23. The molecule has 31 heavy (non-hydrogen) atoms. The number of aryl methyl sites for hydroxylation is 1. The van der Waals surface area contributed by atoms with E-state index in [9.17, 15) is 14.9 Å². The zero-order chi connectivity index (χ0) is 21.8. The van der Waals surface area contributed by atoms with Crippen molar-refractivity contribution in [2.24, 2.45) is 0 Å². The summed E-state index contributed by atoms with van der Waals surface area (Å²) < 4.78 is 5.31. The highest BCUT2D eigenvalue weighted by Crippen LogP contribution is 2.30. The molecule has 1 amide bonds. The van der Waals surface area contributed by atoms with Gasteiger partial charge in [0, 0.05) is 35.7 Å². The second-order valence-corrected chi connectivity index (χ2v) is 8.06. The number of hydrogen-bond acceptors (Lipinski definition) is 7. The standard InChI is InChI=1S/C22H22N4O4S/c1-15-4-2-3-5-18(15)22-24-17(14-31-22)13-23-21(27)16-6-7-19(20(12-16)26(28)29)25-8-10-30-11-9-25/h2-7,12,14H,8-11,13H2,1H3,(H,23,27). The Balaban J connectivity index is 1.46. The topological polar surface area (TPSA) is 97.6 Å². The molecule has 0 atom stereocenters. The van der Waals surface area contributed by atoms with Crippen molar-refractivity contribution in [1.82, 2.24) is 10.3 Å². The van der Waals surface area contributed by atoms with Gasteiger partial charge in [-0.15, -0.1) is 11.3 Å². The fourth-order valence-corrected chi connectivity index (χ4v) is 4.39. The minimum absolute atomic E-state index is 0.0787. The van der Waals surface area contributed by atoms with E-state index in [4.69, 9.17) is 4.74 Å². The van der Waals surface area contributed by atoms with E-state index >= 15 is 0 Å². The number of nitro groups is 1. The lowest BCUT2D eigenvalue weighted by Crippen LogP contribution is -2.36. The quantitative estimate of drug-likeness (QED) is 0.464. The number of carbonyl (C=O) groups is 1. The van der Waals surface area contributed by atoms with Crippen molar-refractivity contribution in [1.29, 1.82) is 0 Å². The summed E-state index contributed by atoms with van der Waals surface area (Å²) in [6.45, 7) is 4.50. The molecule has 3 aromatic rings. The van der Waals surface area contributed by atoms with Crippen LogP contribution in [0.2, 0.25) is 0 Å². The molecule has 8 nitrogen and oxygen atoms in total. The van der Waals surface area contributed by atoms with E-state index in [2.05, 4.69) is 10.3 Å². The van der Waals surface area contributed by atoms with Gasteiger partial charge >= 0.3 is 0 Å². The number of nitrogens with one attached hydrogen (secondary N) is 1. The minimum Gasteiger partial charge on any atom is -0.378 e. The van der Waals surface area contributed by atoms with Crippen molar-refractivity contribution >= 4 is 28.6 Å². The Labute approximate surface area is 183 Å². The number of carbonyl (C=O) groups excluding carboxylic acids is 1. The Morgan fingerprint density at radius 3 is 2.77 bits per heavy atom. The molecule has 1 fully saturated rings. The smallest absolute Gasteiger partial charge is 0.293 e. The van der Waals surface area contributed by atoms with Gasteiger partial charge in [-0.3, -0.25) is 14.9 Å². The zero-order valence-electron chi connectivity index (χ0n) is 17.0. The first-order chi connectivity index (χ1) is 15.0. The monoisotopic (exact) mass is 438 g/mol. The van der Waals surface area contributed by atoms with Gasteiger partial charge in [0.15, 0.2) is 0 Å². The van der Waals surface area contributed by atoms with Crippen LogP contribution >= 0.6 is 11.3 Å². The number of hydrogen-bond donors (Lipinski definition) is 1. The van der Waals surface area contributed by atoms with Crippen LogP contribution < -0.4 is 10.2 Å². The van der Waals surface area contributed by atoms with Crippen LogP contribution in [0.5, 0.6) is 0 Å². The lowest BCUT2D eigenvalue weighted by molar-refractivity contribution is -0.384. The maximum absolute atomic E-state index is 12.6. The number of nitrogens with zero attached hydrogens (tertiary/aromatic N) is 3. The van der Waals surface area contributed by atoms with Crippen LogP contribution in [0.3, 0.4) is 0 Å². The molecule has 0 radical (unpaired) electrons. The minimum atomic E-state index is -0.448. The van der Waals surface area contributed by atoms with Gasteiger partial charge in [0.25, 0.3) is 11.6 Å². The second-order valence-electron chi connectivity index (χ2n) is 7.20. The number of rotatable bonds is 6. The van der Waals surface area contributed by atoms with E-state index in [1.54, 1.807) is 12.1 Å². The molecule has 1 saturated heterocycles. The van der Waals surface area contributed by atoms with Gasteiger partial charge in [0.1, 0.15) is 10.7 Å². The zero-order valence-corrected chi connectivity index (χ0v) is 17.9. The molecular weight excluding hydrogens is 416 g/mol. The molecule has 0 unspecified atom stereocenters. The summed E-state index contributed by atoms with van der Waals surface area (Å²) in [4.78, 5) is 30.3. The first kappa shape index (κ1) is 21.0. The van der Waals surface area contributed by atoms with Gasteiger partial charge in [0.2, 0.25) is 0 Å². The molecular formula is C22H22N4O4S. The van der Waals surface area contributed by atoms with Crippen LogP contribution in [-0.2, 0) is 11.3 Å². The average Bonchev–Trinajstić information content (AvgIpc) is 3.26. The molecule has 0 aliphatic carbocycles. The number of thiazole rings is 1. The maximum atomic E-state index is 12.6. The van der Waals surface area contributed by atoms with Gasteiger partial charge in [-0.1, -0.05) is 24.3 Å². The third-order valence-electron chi connectivity index (χ3n) is 5.14. The van der Waals surface area contributed by atoms with Crippen molar-refractivity contribution in [2.45, 2.75) is 13.5 Å². The van der Waals surface area contributed by atoms with E-state index in [0.29, 0.717) is 32.0 Å². The van der Waals surface area contributed by atoms with Gasteiger partial charge in [-0.25, -0.2) is 4.98 Å². The lowest BCUT2D eigenvalue weighted by atomic mass is 10.1. The lowest BCUT2D eigenvalue weighted by Gasteiger charge is -2.28. The van der Waals surface area contributed by atoms with Crippen LogP contribution in [0.15, 0.2) is 47.8 Å². The van der Waals surface area contributed by atoms with Crippen LogP contribution in [-0.4, -0.2) is 42.1 Å². The summed E-state index contributed by atoms with van der Waals surface area (Å²) in [5.74, 6) is -0.373. The molecule has 1 aromatic heterocycles. The van der Waals surface area contributed by atoms with Crippen molar-refractivity contribution in [3.63, 3.8) is 0 Å². The first-order valence-electron chi connectivity index (χ1n) is 9.92.